The Labute approximate surface area is 241 Å². The van der Waals surface area contributed by atoms with E-state index in [1.165, 1.54) is 11.1 Å². The van der Waals surface area contributed by atoms with Crippen molar-refractivity contribution in [2.75, 3.05) is 0 Å². The van der Waals surface area contributed by atoms with Gasteiger partial charge >= 0.3 is 0 Å². The predicted octanol–water partition coefficient (Wildman–Crippen LogP) is 9.77. The molecule has 5 aromatic rings. The van der Waals surface area contributed by atoms with E-state index in [0.717, 1.165) is 23.0 Å². The summed E-state index contributed by atoms with van der Waals surface area (Å²) in [6.07, 6.45) is 0. The first-order valence-corrected chi connectivity index (χ1v) is 13.2. The van der Waals surface area contributed by atoms with Crippen molar-refractivity contribution in [2.45, 2.75) is 27.7 Å². The predicted molar refractivity (Wildman–Crippen MR) is 162 cm³/mol. The van der Waals surface area contributed by atoms with Crippen LogP contribution in [-0.4, -0.2) is 11.6 Å². The number of aryl methyl sites for hydroxylation is 2. The molecule has 5 rings (SSSR count). The molecule has 0 atom stereocenters. The van der Waals surface area contributed by atoms with E-state index < -0.39 is 0 Å². The van der Waals surface area contributed by atoms with Crippen LogP contribution in [0.2, 0.25) is 0 Å². The van der Waals surface area contributed by atoms with Crippen LogP contribution in [-0.2, 0) is 0 Å². The Morgan fingerprint density at radius 1 is 0.366 bits per heavy atom. The summed E-state index contributed by atoms with van der Waals surface area (Å²) in [4.78, 5) is 22.4. The van der Waals surface area contributed by atoms with Gasteiger partial charge in [0.15, 0.2) is 11.6 Å². The molecule has 206 valence electrons. The lowest BCUT2D eigenvalue weighted by Crippen LogP contribution is -1.91. The van der Waals surface area contributed by atoms with E-state index in [2.05, 4.69) is 0 Å². The summed E-state index contributed by atoms with van der Waals surface area (Å²) in [5, 5.41) is 0. The van der Waals surface area contributed by atoms with Crippen molar-refractivity contribution in [3.05, 3.63) is 144 Å². The van der Waals surface area contributed by atoms with Crippen LogP contribution in [0.4, 0.5) is 0 Å². The van der Waals surface area contributed by atoms with E-state index in [9.17, 15) is 9.59 Å². The summed E-state index contributed by atoms with van der Waals surface area (Å²) < 4.78 is 17.2. The number of carbonyl (C=O) groups excluding carboxylic acids is 2. The number of benzene rings is 5. The van der Waals surface area contributed by atoms with Crippen LogP contribution >= 0.6 is 0 Å². The molecular weight excluding hydrogens is 512 g/mol. The molecule has 5 nitrogen and oxygen atoms in total. The Morgan fingerprint density at radius 3 is 0.780 bits per heavy atom. The van der Waals surface area contributed by atoms with E-state index >= 15 is 0 Å². The molecule has 0 bridgehead atoms. The van der Waals surface area contributed by atoms with Gasteiger partial charge in [-0.05, 0) is 125 Å². The van der Waals surface area contributed by atoms with E-state index in [0.29, 0.717) is 22.6 Å². The fourth-order valence-electron chi connectivity index (χ4n) is 3.71. The van der Waals surface area contributed by atoms with Gasteiger partial charge in [0, 0.05) is 11.1 Å². The van der Waals surface area contributed by atoms with Crippen LogP contribution < -0.4 is 14.2 Å². The molecule has 41 heavy (non-hydrogen) atoms. The van der Waals surface area contributed by atoms with Crippen molar-refractivity contribution in [1.29, 1.82) is 0 Å². The minimum absolute atomic E-state index is 0.0409. The molecular formula is C36H32O5. The third-order valence-electron chi connectivity index (χ3n) is 6.09. The van der Waals surface area contributed by atoms with Crippen molar-refractivity contribution >= 4 is 11.6 Å². The zero-order valence-corrected chi connectivity index (χ0v) is 23.6. The Bertz CT molecular complexity index is 1570. The molecule has 0 spiro atoms. The highest BCUT2D eigenvalue weighted by atomic mass is 16.5. The summed E-state index contributed by atoms with van der Waals surface area (Å²) in [5.41, 5.74) is 3.76. The van der Waals surface area contributed by atoms with Gasteiger partial charge in [0.05, 0.1) is 0 Å². The second-order valence-corrected chi connectivity index (χ2v) is 9.56. The maximum atomic E-state index is 11.3. The molecule has 0 fully saturated rings. The monoisotopic (exact) mass is 544 g/mol. The quantitative estimate of drug-likeness (QED) is 0.182. The summed E-state index contributed by atoms with van der Waals surface area (Å²) in [5.74, 6) is 4.58. The number of ether oxygens (including phenoxy) is 3. The Hall–Kier alpha value is -5.16. The minimum Gasteiger partial charge on any atom is -0.457 e. The number of carbonyl (C=O) groups is 2. The Morgan fingerprint density at radius 2 is 0.561 bits per heavy atom. The number of hydrogen-bond donors (Lipinski definition) is 0. The van der Waals surface area contributed by atoms with Gasteiger partial charge in [-0.3, -0.25) is 9.59 Å². The standard InChI is InChI=1S/C21H18O3.C15H14O2/c1-15-3-7-18(8-4-15)23-20-11-13-21(14-12-20)24-19-9-5-17(6-10-19)16(2)22;1-11-3-7-14(8-4-11)17-15-9-5-13(6-10-15)12(2)16/h3-14H,1-2H3;3-10H,1-2H3. The van der Waals surface area contributed by atoms with E-state index in [-0.39, 0.29) is 11.6 Å². The maximum absolute atomic E-state index is 11.3. The van der Waals surface area contributed by atoms with Gasteiger partial charge in [-0.25, -0.2) is 0 Å². The van der Waals surface area contributed by atoms with Gasteiger partial charge in [-0.2, -0.15) is 0 Å². The lowest BCUT2D eigenvalue weighted by molar-refractivity contribution is 0.100. The Balaban J connectivity index is 0.000000201. The molecule has 0 radical (unpaired) electrons. The first kappa shape index (κ1) is 28.8. The topological polar surface area (TPSA) is 61.8 Å². The van der Waals surface area contributed by atoms with Crippen LogP contribution in [0.3, 0.4) is 0 Å². The Kier molecular flexibility index (Phi) is 9.68. The molecule has 0 N–H and O–H groups in total. The molecule has 0 saturated heterocycles. The largest absolute Gasteiger partial charge is 0.457 e. The molecule has 5 heteroatoms. The van der Waals surface area contributed by atoms with Gasteiger partial charge < -0.3 is 14.2 Å². The van der Waals surface area contributed by atoms with Crippen molar-refractivity contribution in [2.24, 2.45) is 0 Å². The average molecular weight is 545 g/mol. The normalized spacial score (nSPS) is 10.1. The zero-order valence-electron chi connectivity index (χ0n) is 23.6. The van der Waals surface area contributed by atoms with Gasteiger partial charge in [-0.15, -0.1) is 0 Å². The lowest BCUT2D eigenvalue weighted by atomic mass is 10.1. The summed E-state index contributed by atoms with van der Waals surface area (Å²) in [6.45, 7) is 7.17. The molecule has 0 amide bonds. The zero-order chi connectivity index (χ0) is 29.2. The van der Waals surface area contributed by atoms with E-state index in [1.807, 2.05) is 86.6 Å². The van der Waals surface area contributed by atoms with Crippen molar-refractivity contribution in [3.8, 4) is 34.5 Å². The SMILES string of the molecule is CC(=O)c1ccc(Oc2ccc(C)cc2)cc1.CC(=O)c1ccc(Oc2ccc(Oc3ccc(C)cc3)cc2)cc1. The van der Waals surface area contributed by atoms with Crippen LogP contribution in [0.15, 0.2) is 121 Å². The summed E-state index contributed by atoms with van der Waals surface area (Å²) in [7, 11) is 0. The van der Waals surface area contributed by atoms with Gasteiger partial charge in [0.25, 0.3) is 0 Å². The molecule has 0 aromatic heterocycles. The molecule has 0 aliphatic heterocycles. The maximum Gasteiger partial charge on any atom is 0.159 e. The number of rotatable bonds is 8. The molecule has 0 saturated carbocycles. The summed E-state index contributed by atoms with van der Waals surface area (Å²) in [6, 6.07) is 37.4. The smallest absolute Gasteiger partial charge is 0.159 e. The van der Waals surface area contributed by atoms with Gasteiger partial charge in [0.1, 0.15) is 34.5 Å². The fourth-order valence-corrected chi connectivity index (χ4v) is 3.71. The molecule has 0 heterocycles. The van der Waals surface area contributed by atoms with E-state index in [4.69, 9.17) is 14.2 Å². The summed E-state index contributed by atoms with van der Waals surface area (Å²) >= 11 is 0. The molecule has 0 aliphatic rings. The lowest BCUT2D eigenvalue weighted by Gasteiger charge is -2.09. The highest BCUT2D eigenvalue weighted by molar-refractivity contribution is 5.94. The molecule has 0 unspecified atom stereocenters. The van der Waals surface area contributed by atoms with Crippen LogP contribution in [0.1, 0.15) is 45.7 Å². The number of hydrogen-bond acceptors (Lipinski definition) is 5. The van der Waals surface area contributed by atoms with Gasteiger partial charge in [-0.1, -0.05) is 35.4 Å². The number of Topliss-reactive ketones (excluding diaryl/α,β-unsaturated/α-hetero) is 2. The second-order valence-electron chi connectivity index (χ2n) is 9.56. The minimum atomic E-state index is 0.0409. The van der Waals surface area contributed by atoms with Gasteiger partial charge in [0.2, 0.25) is 0 Å². The van der Waals surface area contributed by atoms with Crippen LogP contribution in [0, 0.1) is 13.8 Å². The van der Waals surface area contributed by atoms with Crippen molar-refractivity contribution < 1.29 is 23.8 Å². The molecule has 5 aromatic carbocycles. The number of ketones is 2. The molecule has 0 aliphatic carbocycles. The first-order chi connectivity index (χ1) is 19.7. The third-order valence-corrected chi connectivity index (χ3v) is 6.09. The van der Waals surface area contributed by atoms with Crippen molar-refractivity contribution in [3.63, 3.8) is 0 Å². The fraction of sp³-hybridized carbons (Fsp3) is 0.111. The second kappa shape index (κ2) is 13.8. The average Bonchev–Trinajstić information content (AvgIpc) is 2.97. The first-order valence-electron chi connectivity index (χ1n) is 13.2. The van der Waals surface area contributed by atoms with Crippen molar-refractivity contribution in [1.82, 2.24) is 0 Å². The van der Waals surface area contributed by atoms with Crippen LogP contribution in [0.5, 0.6) is 34.5 Å². The van der Waals surface area contributed by atoms with Crippen LogP contribution in [0.25, 0.3) is 0 Å². The van der Waals surface area contributed by atoms with E-state index in [1.54, 1.807) is 62.4 Å². The highest BCUT2D eigenvalue weighted by Gasteiger charge is 2.03. The highest BCUT2D eigenvalue weighted by Crippen LogP contribution is 2.27. The third kappa shape index (κ3) is 8.94.